The maximum atomic E-state index is 11.1. The van der Waals surface area contributed by atoms with Crippen LogP contribution in [0.2, 0.25) is 5.02 Å². The summed E-state index contributed by atoms with van der Waals surface area (Å²) in [6.07, 6.45) is 0. The summed E-state index contributed by atoms with van der Waals surface area (Å²) < 4.78 is -0.194. The Labute approximate surface area is 108 Å². The lowest BCUT2D eigenvalue weighted by Crippen LogP contribution is -1.95. The van der Waals surface area contributed by atoms with E-state index in [1.165, 1.54) is 0 Å². The largest absolute Gasteiger partial charge is 0.275 e. The quantitative estimate of drug-likeness (QED) is 0.574. The molecule has 80 valence electrons. The summed E-state index contributed by atoms with van der Waals surface area (Å²) >= 11 is 22.4. The van der Waals surface area contributed by atoms with E-state index < -0.39 is 5.24 Å². The first-order valence-corrected chi connectivity index (χ1v) is 5.46. The van der Waals surface area contributed by atoms with Crippen molar-refractivity contribution in [3.8, 4) is 0 Å². The van der Waals surface area contributed by atoms with Crippen molar-refractivity contribution in [1.82, 2.24) is 0 Å². The molecule has 0 radical (unpaired) electrons. The molecular formula is C10H6Cl4O. The van der Waals surface area contributed by atoms with Crippen LogP contribution in [0, 0.1) is 6.92 Å². The van der Waals surface area contributed by atoms with Crippen LogP contribution in [0.5, 0.6) is 0 Å². The van der Waals surface area contributed by atoms with E-state index in [1.807, 2.05) is 6.92 Å². The highest BCUT2D eigenvalue weighted by molar-refractivity contribution is 6.78. The van der Waals surface area contributed by atoms with Crippen molar-refractivity contribution in [2.24, 2.45) is 0 Å². The molecule has 0 aliphatic carbocycles. The first-order chi connectivity index (χ1) is 6.93. The van der Waals surface area contributed by atoms with E-state index >= 15 is 0 Å². The van der Waals surface area contributed by atoms with Crippen LogP contribution < -0.4 is 0 Å². The van der Waals surface area contributed by atoms with E-state index in [9.17, 15) is 4.79 Å². The number of carbonyl (C=O) groups excluding carboxylic acids is 1. The third kappa shape index (κ3) is 3.12. The summed E-state index contributed by atoms with van der Waals surface area (Å²) in [5.41, 5.74) is 1.42. The maximum Gasteiger partial charge on any atom is 0.255 e. The summed E-state index contributed by atoms with van der Waals surface area (Å²) in [4.78, 5) is 11.1. The molecule has 0 saturated carbocycles. The number of aryl methyl sites for hydroxylation is 1. The van der Waals surface area contributed by atoms with Crippen LogP contribution >= 0.6 is 46.4 Å². The molecule has 1 aromatic rings. The van der Waals surface area contributed by atoms with Gasteiger partial charge in [-0.2, -0.15) is 0 Å². The van der Waals surface area contributed by atoms with Crippen LogP contribution in [0.1, 0.15) is 11.1 Å². The minimum absolute atomic E-state index is 0.0185. The van der Waals surface area contributed by atoms with Gasteiger partial charge in [-0.05, 0) is 30.2 Å². The molecule has 15 heavy (non-hydrogen) atoms. The molecule has 1 rings (SSSR count). The molecule has 0 aromatic heterocycles. The Hall–Kier alpha value is -0.210. The predicted molar refractivity (Wildman–Crippen MR) is 65.7 cm³/mol. The Kier molecular flexibility index (Phi) is 4.47. The smallest absolute Gasteiger partial charge is 0.255 e. The van der Waals surface area contributed by atoms with E-state index in [0.29, 0.717) is 10.6 Å². The van der Waals surface area contributed by atoms with Crippen LogP contribution in [0.4, 0.5) is 0 Å². The highest BCUT2D eigenvalue weighted by Crippen LogP contribution is 2.31. The van der Waals surface area contributed by atoms with Gasteiger partial charge in [0.05, 0.1) is 5.57 Å². The van der Waals surface area contributed by atoms with Gasteiger partial charge in [-0.3, -0.25) is 4.79 Å². The van der Waals surface area contributed by atoms with Crippen molar-refractivity contribution in [1.29, 1.82) is 0 Å². The topological polar surface area (TPSA) is 17.1 Å². The van der Waals surface area contributed by atoms with Crippen molar-refractivity contribution in [2.45, 2.75) is 6.92 Å². The van der Waals surface area contributed by atoms with E-state index in [1.54, 1.807) is 18.2 Å². The van der Waals surface area contributed by atoms with Gasteiger partial charge < -0.3 is 0 Å². The van der Waals surface area contributed by atoms with Gasteiger partial charge in [-0.25, -0.2) is 0 Å². The molecule has 0 bridgehead atoms. The molecule has 1 aromatic carbocycles. The average molecular weight is 284 g/mol. The van der Waals surface area contributed by atoms with Gasteiger partial charge in [0.15, 0.2) is 0 Å². The monoisotopic (exact) mass is 282 g/mol. The van der Waals surface area contributed by atoms with Gasteiger partial charge >= 0.3 is 0 Å². The van der Waals surface area contributed by atoms with Gasteiger partial charge in [-0.15, -0.1) is 0 Å². The third-order valence-corrected chi connectivity index (χ3v) is 2.66. The summed E-state index contributed by atoms with van der Waals surface area (Å²) in [5.74, 6) is 0. The number of allylic oxidation sites excluding steroid dienone is 1. The van der Waals surface area contributed by atoms with Gasteiger partial charge in [0.1, 0.15) is 4.49 Å². The van der Waals surface area contributed by atoms with Gasteiger partial charge in [0.2, 0.25) is 0 Å². The second-order valence-corrected chi connectivity index (χ2v) is 4.59. The second-order valence-electron chi connectivity index (χ2n) is 2.89. The van der Waals surface area contributed by atoms with Crippen molar-refractivity contribution in [3.05, 3.63) is 38.8 Å². The highest BCUT2D eigenvalue weighted by Gasteiger charge is 2.16. The second kappa shape index (κ2) is 5.22. The molecular weight excluding hydrogens is 278 g/mol. The number of carbonyl (C=O) groups is 1. The first-order valence-electron chi connectivity index (χ1n) is 3.95. The normalized spacial score (nSPS) is 9.93. The molecule has 0 aliphatic rings. The Balaban J connectivity index is 3.38. The number of hydrogen-bond donors (Lipinski definition) is 0. The minimum Gasteiger partial charge on any atom is -0.275 e. The first kappa shape index (κ1) is 12.9. The summed E-state index contributed by atoms with van der Waals surface area (Å²) in [6.45, 7) is 1.88. The fourth-order valence-corrected chi connectivity index (χ4v) is 2.10. The molecule has 5 heteroatoms. The molecule has 0 spiro atoms. The van der Waals surface area contributed by atoms with Crippen LogP contribution in [0.25, 0.3) is 5.57 Å². The van der Waals surface area contributed by atoms with Crippen molar-refractivity contribution < 1.29 is 4.79 Å². The van der Waals surface area contributed by atoms with Crippen LogP contribution in [0.15, 0.2) is 22.7 Å². The van der Waals surface area contributed by atoms with Crippen LogP contribution in [0.3, 0.4) is 0 Å². The molecule has 0 unspecified atom stereocenters. The summed E-state index contributed by atoms with van der Waals surface area (Å²) in [6, 6.07) is 5.14. The molecule has 1 nitrogen and oxygen atoms in total. The van der Waals surface area contributed by atoms with Crippen LogP contribution in [-0.4, -0.2) is 5.24 Å². The zero-order valence-electron chi connectivity index (χ0n) is 7.65. The number of hydrogen-bond acceptors (Lipinski definition) is 1. The summed E-state index contributed by atoms with van der Waals surface area (Å²) in [7, 11) is 0. The molecule has 0 N–H and O–H groups in total. The number of rotatable bonds is 2. The minimum atomic E-state index is -0.735. The molecule has 0 amide bonds. The van der Waals surface area contributed by atoms with E-state index in [-0.39, 0.29) is 10.1 Å². The van der Waals surface area contributed by atoms with Crippen molar-refractivity contribution in [2.75, 3.05) is 0 Å². The lowest BCUT2D eigenvalue weighted by molar-refractivity contribution is -0.106. The SMILES string of the molecule is Cc1ccc(C(C(=O)Cl)=C(Cl)Cl)c(Cl)c1. The Morgan fingerprint density at radius 1 is 1.20 bits per heavy atom. The maximum absolute atomic E-state index is 11.1. The van der Waals surface area contributed by atoms with Gasteiger partial charge in [0.25, 0.3) is 5.24 Å². The molecule has 0 atom stereocenters. The van der Waals surface area contributed by atoms with Gasteiger partial charge in [-0.1, -0.05) is 46.9 Å². The third-order valence-electron chi connectivity index (χ3n) is 1.78. The van der Waals surface area contributed by atoms with Gasteiger partial charge in [0, 0.05) is 10.6 Å². The van der Waals surface area contributed by atoms with Crippen molar-refractivity contribution in [3.63, 3.8) is 0 Å². The number of halogens is 4. The fourth-order valence-electron chi connectivity index (χ4n) is 1.10. The number of benzene rings is 1. The molecule has 0 aliphatic heterocycles. The fraction of sp³-hybridized carbons (Fsp3) is 0.100. The van der Waals surface area contributed by atoms with Crippen LogP contribution in [-0.2, 0) is 4.79 Å². The zero-order chi connectivity index (χ0) is 11.6. The average Bonchev–Trinajstić information content (AvgIpc) is 2.08. The molecule has 0 saturated heterocycles. The molecule has 0 fully saturated rings. The zero-order valence-corrected chi connectivity index (χ0v) is 10.7. The Morgan fingerprint density at radius 3 is 2.20 bits per heavy atom. The highest BCUT2D eigenvalue weighted by atomic mass is 35.5. The van der Waals surface area contributed by atoms with E-state index in [0.717, 1.165) is 5.56 Å². The Morgan fingerprint density at radius 2 is 1.80 bits per heavy atom. The lowest BCUT2D eigenvalue weighted by atomic mass is 10.1. The molecule has 0 heterocycles. The Bertz CT molecular complexity index is 433. The van der Waals surface area contributed by atoms with E-state index in [4.69, 9.17) is 46.4 Å². The predicted octanol–water partition coefficient (Wildman–Crippen LogP) is 4.56. The lowest BCUT2D eigenvalue weighted by Gasteiger charge is -2.06. The standard InChI is InChI=1S/C10H6Cl4O/c1-5-2-3-6(7(11)4-5)8(9(12)13)10(14)15/h2-4H,1H3. The van der Waals surface area contributed by atoms with E-state index in [2.05, 4.69) is 0 Å². The van der Waals surface area contributed by atoms with Crippen molar-refractivity contribution >= 4 is 57.2 Å². The summed E-state index contributed by atoms with van der Waals surface area (Å²) in [5, 5.41) is -0.349.